The van der Waals surface area contributed by atoms with E-state index in [1.165, 1.54) is 11.1 Å². The Kier molecular flexibility index (Phi) is 8.32. The van der Waals surface area contributed by atoms with E-state index < -0.39 is 0 Å². The number of nitrogens with zero attached hydrogens (tertiary/aromatic N) is 1. The maximum Gasteiger partial charge on any atom is 0.222 e. The summed E-state index contributed by atoms with van der Waals surface area (Å²) in [6.45, 7) is 7.84. The number of halogens is 1. The highest BCUT2D eigenvalue weighted by molar-refractivity contribution is 6.17. The highest BCUT2D eigenvalue weighted by Crippen LogP contribution is 2.23. The van der Waals surface area contributed by atoms with Gasteiger partial charge in [-0.15, -0.1) is 11.6 Å². The van der Waals surface area contributed by atoms with Gasteiger partial charge in [-0.25, -0.2) is 0 Å². The third-order valence-electron chi connectivity index (χ3n) is 3.72. The molecule has 0 radical (unpaired) electrons. The predicted molar refractivity (Wildman–Crippen MR) is 93.0 cm³/mol. The first-order chi connectivity index (χ1) is 10.5. The number of rotatable bonds is 9. The summed E-state index contributed by atoms with van der Waals surface area (Å²) in [4.78, 5) is 13.5. The van der Waals surface area contributed by atoms with E-state index in [0.717, 1.165) is 18.6 Å². The smallest absolute Gasteiger partial charge is 0.222 e. The molecule has 0 aromatic heterocycles. The molecule has 0 aliphatic rings. The molecule has 0 aliphatic carbocycles. The lowest BCUT2D eigenvalue weighted by atomic mass is 9.98. The van der Waals surface area contributed by atoms with Gasteiger partial charge in [0.1, 0.15) is 5.75 Å². The largest absolute Gasteiger partial charge is 0.494 e. The van der Waals surface area contributed by atoms with Crippen LogP contribution in [-0.2, 0) is 4.79 Å². The van der Waals surface area contributed by atoms with Gasteiger partial charge in [0.15, 0.2) is 0 Å². The fourth-order valence-electron chi connectivity index (χ4n) is 2.41. The summed E-state index contributed by atoms with van der Waals surface area (Å²) in [6.07, 6.45) is 2.09. The number of carbonyl (C=O) groups excluding carboxylic acids is 1. The first-order valence-corrected chi connectivity index (χ1v) is 8.52. The number of carbonyl (C=O) groups is 1. The number of alkyl halides is 1. The van der Waals surface area contributed by atoms with Crippen LogP contribution in [0.5, 0.6) is 5.75 Å². The van der Waals surface area contributed by atoms with E-state index in [1.54, 1.807) is 4.90 Å². The van der Waals surface area contributed by atoms with Crippen LogP contribution >= 0.6 is 11.6 Å². The van der Waals surface area contributed by atoms with E-state index in [9.17, 15) is 4.79 Å². The zero-order valence-electron chi connectivity index (χ0n) is 14.2. The van der Waals surface area contributed by atoms with Gasteiger partial charge in [0, 0.05) is 25.9 Å². The predicted octanol–water partition coefficient (Wildman–Crippen LogP) is 4.36. The average Bonchev–Trinajstić information content (AvgIpc) is 2.48. The minimum Gasteiger partial charge on any atom is -0.494 e. The maximum atomic E-state index is 11.7. The van der Waals surface area contributed by atoms with E-state index in [1.807, 2.05) is 13.1 Å². The standard InChI is InChI=1S/C18H28ClNO2/c1-14(2)17-9-8-16(13-15(17)3)22-12-6-11-20(4)18(21)7-5-10-19/h8-9,13-14H,5-7,10-12H2,1-4H3. The summed E-state index contributed by atoms with van der Waals surface area (Å²) in [6, 6.07) is 6.25. The van der Waals surface area contributed by atoms with Crippen molar-refractivity contribution >= 4 is 17.5 Å². The third-order valence-corrected chi connectivity index (χ3v) is 3.99. The lowest BCUT2D eigenvalue weighted by Crippen LogP contribution is -2.28. The number of benzene rings is 1. The Labute approximate surface area is 139 Å². The topological polar surface area (TPSA) is 29.5 Å². The summed E-state index contributed by atoms with van der Waals surface area (Å²) in [5.74, 6) is 2.12. The van der Waals surface area contributed by atoms with Crippen LogP contribution in [0, 0.1) is 6.92 Å². The van der Waals surface area contributed by atoms with Crippen LogP contribution in [0.1, 0.15) is 50.2 Å². The Morgan fingerprint density at radius 3 is 2.64 bits per heavy atom. The molecule has 0 unspecified atom stereocenters. The van der Waals surface area contributed by atoms with Crippen LogP contribution in [0.25, 0.3) is 0 Å². The molecular formula is C18H28ClNO2. The molecule has 0 spiro atoms. The van der Waals surface area contributed by atoms with E-state index in [2.05, 4.69) is 32.9 Å². The molecule has 0 N–H and O–H groups in total. The highest BCUT2D eigenvalue weighted by Gasteiger charge is 2.08. The van der Waals surface area contributed by atoms with Crippen molar-refractivity contribution in [1.29, 1.82) is 0 Å². The molecule has 124 valence electrons. The van der Waals surface area contributed by atoms with E-state index in [4.69, 9.17) is 16.3 Å². The maximum absolute atomic E-state index is 11.7. The van der Waals surface area contributed by atoms with Crippen molar-refractivity contribution in [2.45, 2.75) is 46.0 Å². The monoisotopic (exact) mass is 325 g/mol. The lowest BCUT2D eigenvalue weighted by molar-refractivity contribution is -0.130. The number of hydrogen-bond donors (Lipinski definition) is 0. The molecule has 1 rings (SSSR count). The van der Waals surface area contributed by atoms with Crippen LogP contribution in [0.2, 0.25) is 0 Å². The van der Waals surface area contributed by atoms with Gasteiger partial charge >= 0.3 is 0 Å². The van der Waals surface area contributed by atoms with Crippen LogP contribution in [0.15, 0.2) is 18.2 Å². The number of ether oxygens (including phenoxy) is 1. The first kappa shape index (κ1) is 18.8. The van der Waals surface area contributed by atoms with E-state index in [-0.39, 0.29) is 5.91 Å². The minimum absolute atomic E-state index is 0.151. The molecule has 22 heavy (non-hydrogen) atoms. The molecule has 1 amide bonds. The second-order valence-corrected chi connectivity index (χ2v) is 6.36. The van der Waals surface area contributed by atoms with E-state index >= 15 is 0 Å². The molecule has 3 nitrogen and oxygen atoms in total. The molecule has 1 aromatic carbocycles. The Hall–Kier alpha value is -1.22. The molecule has 0 saturated carbocycles. The summed E-state index contributed by atoms with van der Waals surface area (Å²) in [5.41, 5.74) is 2.62. The Morgan fingerprint density at radius 1 is 1.32 bits per heavy atom. The van der Waals surface area contributed by atoms with Gasteiger partial charge in [-0.1, -0.05) is 19.9 Å². The minimum atomic E-state index is 0.151. The van der Waals surface area contributed by atoms with Crippen LogP contribution in [0.4, 0.5) is 0 Å². The Bertz CT molecular complexity index is 474. The summed E-state index contributed by atoms with van der Waals surface area (Å²) >= 11 is 5.60. The van der Waals surface area contributed by atoms with Crippen LogP contribution in [-0.4, -0.2) is 36.9 Å². The van der Waals surface area contributed by atoms with Crippen LogP contribution in [0.3, 0.4) is 0 Å². The molecule has 0 fully saturated rings. The first-order valence-electron chi connectivity index (χ1n) is 7.99. The van der Waals surface area contributed by atoms with Gasteiger partial charge < -0.3 is 9.64 Å². The van der Waals surface area contributed by atoms with Crippen molar-refractivity contribution in [3.8, 4) is 5.75 Å². The van der Waals surface area contributed by atoms with Crippen molar-refractivity contribution in [3.63, 3.8) is 0 Å². The Balaban J connectivity index is 2.33. The quantitative estimate of drug-likeness (QED) is 0.498. The number of aryl methyl sites for hydroxylation is 1. The number of amides is 1. The average molecular weight is 326 g/mol. The van der Waals surface area contributed by atoms with Gasteiger partial charge in [-0.3, -0.25) is 4.79 Å². The van der Waals surface area contributed by atoms with Crippen molar-refractivity contribution in [2.24, 2.45) is 0 Å². The zero-order valence-corrected chi connectivity index (χ0v) is 14.9. The second-order valence-electron chi connectivity index (χ2n) is 5.98. The van der Waals surface area contributed by atoms with Gasteiger partial charge in [0.2, 0.25) is 5.91 Å². The van der Waals surface area contributed by atoms with Crippen LogP contribution < -0.4 is 4.74 Å². The summed E-state index contributed by atoms with van der Waals surface area (Å²) < 4.78 is 5.77. The van der Waals surface area contributed by atoms with E-state index in [0.29, 0.717) is 31.4 Å². The van der Waals surface area contributed by atoms with Gasteiger partial charge in [-0.2, -0.15) is 0 Å². The number of hydrogen-bond acceptors (Lipinski definition) is 2. The fourth-order valence-corrected chi connectivity index (χ4v) is 2.54. The molecule has 0 heterocycles. The lowest BCUT2D eigenvalue weighted by Gasteiger charge is -2.17. The molecule has 0 saturated heterocycles. The van der Waals surface area contributed by atoms with Crippen molar-refractivity contribution < 1.29 is 9.53 Å². The normalized spacial score (nSPS) is 10.8. The van der Waals surface area contributed by atoms with Crippen molar-refractivity contribution in [3.05, 3.63) is 29.3 Å². The molecule has 0 aliphatic heterocycles. The van der Waals surface area contributed by atoms with Crippen molar-refractivity contribution in [2.75, 3.05) is 26.1 Å². The van der Waals surface area contributed by atoms with Gasteiger partial charge in [0.25, 0.3) is 0 Å². The highest BCUT2D eigenvalue weighted by atomic mass is 35.5. The van der Waals surface area contributed by atoms with Crippen molar-refractivity contribution in [1.82, 2.24) is 4.90 Å². The molecule has 0 atom stereocenters. The molecule has 1 aromatic rings. The van der Waals surface area contributed by atoms with Gasteiger partial charge in [0.05, 0.1) is 6.61 Å². The molecular weight excluding hydrogens is 298 g/mol. The fraction of sp³-hybridized carbons (Fsp3) is 0.611. The SMILES string of the molecule is Cc1cc(OCCCN(C)C(=O)CCCCl)ccc1C(C)C. The zero-order chi connectivity index (χ0) is 16.5. The second kappa shape index (κ2) is 9.73. The summed E-state index contributed by atoms with van der Waals surface area (Å²) in [5, 5.41) is 0. The molecule has 4 heteroatoms. The molecule has 0 bridgehead atoms. The summed E-state index contributed by atoms with van der Waals surface area (Å²) in [7, 11) is 1.83. The third kappa shape index (κ3) is 6.27. The van der Waals surface area contributed by atoms with Gasteiger partial charge in [-0.05, 0) is 48.9 Å². The Morgan fingerprint density at radius 2 is 2.05 bits per heavy atom.